The normalized spacial score (nSPS) is 11.7. The summed E-state index contributed by atoms with van der Waals surface area (Å²) in [6.07, 6.45) is 0. The van der Waals surface area contributed by atoms with Gasteiger partial charge in [-0.1, -0.05) is 23.7 Å². The topological polar surface area (TPSA) is 26.0 Å². The Balaban J connectivity index is 2.46. The molecule has 1 nitrogen and oxygen atoms in total. The molecule has 0 radical (unpaired) electrons. The smallest absolute Gasteiger partial charge is 0.307 e. The van der Waals surface area contributed by atoms with Crippen molar-refractivity contribution in [3.05, 3.63) is 51.2 Å². The van der Waals surface area contributed by atoms with Crippen LogP contribution in [0.25, 0.3) is 0 Å². The average Bonchev–Trinajstić information content (AvgIpc) is 2.65. The molecule has 84 valence electrons. The molecule has 5 heteroatoms. The molecule has 2 aromatic rings. The van der Waals surface area contributed by atoms with Crippen molar-refractivity contribution in [2.24, 2.45) is 0 Å². The second-order valence-corrected chi connectivity index (χ2v) is 5.02. The molecule has 0 bridgehead atoms. The minimum absolute atomic E-state index is 0.0805. The van der Waals surface area contributed by atoms with Gasteiger partial charge in [-0.25, -0.2) is 0 Å². The van der Waals surface area contributed by atoms with E-state index in [1.165, 1.54) is 30.3 Å². The van der Waals surface area contributed by atoms with Crippen LogP contribution < -0.4 is 5.73 Å². The van der Waals surface area contributed by atoms with Crippen LogP contribution in [-0.4, -0.2) is 0 Å². The fourth-order valence-electron chi connectivity index (χ4n) is 1.36. The van der Waals surface area contributed by atoms with Crippen molar-refractivity contribution in [3.63, 3.8) is 0 Å². The van der Waals surface area contributed by atoms with Crippen LogP contribution in [0.3, 0.4) is 0 Å². The van der Waals surface area contributed by atoms with Gasteiger partial charge in [0.2, 0.25) is 0 Å². The van der Waals surface area contributed by atoms with E-state index in [0.29, 0.717) is 10.0 Å². The van der Waals surface area contributed by atoms with Crippen molar-refractivity contribution in [3.8, 4) is 0 Å². The Morgan fingerprint density at radius 2 is 1.94 bits per heavy atom. The Morgan fingerprint density at radius 1 is 1.19 bits per heavy atom. The van der Waals surface area contributed by atoms with Crippen molar-refractivity contribution >= 4 is 28.6 Å². The third-order valence-electron chi connectivity index (χ3n) is 2.13. The van der Waals surface area contributed by atoms with Crippen LogP contribution >= 0.6 is 22.9 Å². The summed E-state index contributed by atoms with van der Waals surface area (Å²) >= 11 is 6.52. The van der Waals surface area contributed by atoms with Crippen molar-refractivity contribution in [1.82, 2.24) is 0 Å². The largest absolute Gasteiger partial charge is 0.399 e. The molecule has 0 atom stereocenters. The highest BCUT2D eigenvalue weighted by atomic mass is 35.5. The number of thiophene rings is 1. The standard InChI is InChI=1S/C11H8ClF2NS/c12-10-5-4-9(16-10)11(13,14)7-2-1-3-8(15)6-7/h1-6H,15H2. The van der Waals surface area contributed by atoms with Gasteiger partial charge in [-0.3, -0.25) is 0 Å². The van der Waals surface area contributed by atoms with E-state index in [2.05, 4.69) is 0 Å². The summed E-state index contributed by atoms with van der Waals surface area (Å²) in [5.74, 6) is -3.05. The number of hydrogen-bond acceptors (Lipinski definition) is 2. The van der Waals surface area contributed by atoms with Crippen LogP contribution in [0.2, 0.25) is 4.34 Å². The molecule has 0 aliphatic rings. The molecule has 0 spiro atoms. The Hall–Kier alpha value is -1.13. The van der Waals surface area contributed by atoms with Crippen molar-refractivity contribution in [2.75, 3.05) is 5.73 Å². The fourth-order valence-corrected chi connectivity index (χ4v) is 2.40. The molecule has 0 saturated carbocycles. The van der Waals surface area contributed by atoms with E-state index in [-0.39, 0.29) is 10.4 Å². The van der Waals surface area contributed by atoms with Crippen molar-refractivity contribution in [1.29, 1.82) is 0 Å². The number of alkyl halides is 2. The molecule has 2 N–H and O–H groups in total. The van der Waals surface area contributed by atoms with Gasteiger partial charge in [0.25, 0.3) is 0 Å². The van der Waals surface area contributed by atoms with Crippen LogP contribution in [0.5, 0.6) is 0 Å². The van der Waals surface area contributed by atoms with E-state index in [4.69, 9.17) is 17.3 Å². The van der Waals surface area contributed by atoms with E-state index < -0.39 is 5.92 Å². The second-order valence-electron chi connectivity index (χ2n) is 3.30. The number of hydrogen-bond donors (Lipinski definition) is 1. The van der Waals surface area contributed by atoms with Gasteiger partial charge in [-0.2, -0.15) is 8.78 Å². The molecule has 0 fully saturated rings. The van der Waals surface area contributed by atoms with Gasteiger partial charge >= 0.3 is 5.92 Å². The van der Waals surface area contributed by atoms with Gasteiger partial charge in [-0.05, 0) is 24.3 Å². The first-order valence-electron chi connectivity index (χ1n) is 4.50. The molecule has 2 rings (SSSR count). The summed E-state index contributed by atoms with van der Waals surface area (Å²) in [4.78, 5) is -0.0805. The minimum atomic E-state index is -3.05. The Labute approximate surface area is 100 Å². The summed E-state index contributed by atoms with van der Waals surface area (Å²) in [5, 5.41) is 0. The first-order chi connectivity index (χ1) is 7.50. The van der Waals surface area contributed by atoms with Crippen molar-refractivity contribution < 1.29 is 8.78 Å². The summed E-state index contributed by atoms with van der Waals surface area (Å²) in [5.41, 5.74) is 5.68. The molecule has 0 aliphatic carbocycles. The number of anilines is 1. The Kier molecular flexibility index (Phi) is 2.86. The van der Waals surface area contributed by atoms with Gasteiger partial charge in [0.1, 0.15) is 0 Å². The lowest BCUT2D eigenvalue weighted by molar-refractivity contribution is 0.0470. The number of rotatable bonds is 2. The SMILES string of the molecule is Nc1cccc(C(F)(F)c2ccc(Cl)s2)c1. The Bertz CT molecular complexity index is 510. The lowest BCUT2D eigenvalue weighted by atomic mass is 10.1. The first-order valence-corrected chi connectivity index (χ1v) is 5.69. The van der Waals surface area contributed by atoms with E-state index in [1.807, 2.05) is 0 Å². The van der Waals surface area contributed by atoms with E-state index in [9.17, 15) is 8.78 Å². The lowest BCUT2D eigenvalue weighted by Crippen LogP contribution is -2.13. The van der Waals surface area contributed by atoms with Gasteiger partial charge in [0, 0.05) is 11.3 Å². The van der Waals surface area contributed by atoms with E-state index in [1.54, 1.807) is 6.07 Å². The highest BCUT2D eigenvalue weighted by Crippen LogP contribution is 2.40. The highest BCUT2D eigenvalue weighted by Gasteiger charge is 2.35. The molecule has 1 aromatic heterocycles. The second kappa shape index (κ2) is 4.03. The van der Waals surface area contributed by atoms with Crippen LogP contribution in [0, 0.1) is 0 Å². The minimum Gasteiger partial charge on any atom is -0.399 e. The monoisotopic (exact) mass is 259 g/mol. The number of halogens is 3. The maximum absolute atomic E-state index is 14.0. The predicted molar refractivity (Wildman–Crippen MR) is 63.2 cm³/mol. The number of benzene rings is 1. The van der Waals surface area contributed by atoms with Crippen LogP contribution in [0.4, 0.5) is 14.5 Å². The van der Waals surface area contributed by atoms with Crippen molar-refractivity contribution in [2.45, 2.75) is 5.92 Å². The maximum atomic E-state index is 14.0. The molecule has 16 heavy (non-hydrogen) atoms. The molecular weight excluding hydrogens is 252 g/mol. The Morgan fingerprint density at radius 3 is 2.50 bits per heavy atom. The van der Waals surface area contributed by atoms with Gasteiger partial charge < -0.3 is 5.73 Å². The van der Waals surface area contributed by atoms with Crippen LogP contribution in [-0.2, 0) is 5.92 Å². The summed E-state index contributed by atoms with van der Waals surface area (Å²) in [7, 11) is 0. The molecule has 0 amide bonds. The van der Waals surface area contributed by atoms with Crippen LogP contribution in [0.15, 0.2) is 36.4 Å². The third-order valence-corrected chi connectivity index (χ3v) is 3.43. The molecular formula is C11H8ClF2NS. The summed E-state index contributed by atoms with van der Waals surface area (Å²) in [6, 6.07) is 8.49. The fraction of sp³-hybridized carbons (Fsp3) is 0.0909. The zero-order chi connectivity index (χ0) is 11.8. The maximum Gasteiger partial charge on any atom is 0.307 e. The lowest BCUT2D eigenvalue weighted by Gasteiger charge is -2.15. The predicted octanol–water partition coefficient (Wildman–Crippen LogP) is 4.12. The molecule has 0 unspecified atom stereocenters. The van der Waals surface area contributed by atoms with Gasteiger partial charge in [-0.15, -0.1) is 11.3 Å². The summed E-state index contributed by atoms with van der Waals surface area (Å²) in [6.45, 7) is 0. The quantitative estimate of drug-likeness (QED) is 0.807. The zero-order valence-electron chi connectivity index (χ0n) is 8.08. The first kappa shape index (κ1) is 11.4. The average molecular weight is 260 g/mol. The number of nitrogens with two attached hydrogens (primary N) is 1. The number of nitrogen functional groups attached to an aromatic ring is 1. The van der Waals surface area contributed by atoms with E-state index in [0.717, 1.165) is 11.3 Å². The van der Waals surface area contributed by atoms with Crippen LogP contribution in [0.1, 0.15) is 10.4 Å². The molecule has 0 saturated heterocycles. The van der Waals surface area contributed by atoms with Gasteiger partial charge in [0.15, 0.2) is 0 Å². The zero-order valence-corrected chi connectivity index (χ0v) is 9.66. The molecule has 1 heterocycles. The molecule has 1 aromatic carbocycles. The van der Waals surface area contributed by atoms with E-state index >= 15 is 0 Å². The summed E-state index contributed by atoms with van der Waals surface area (Å²) < 4.78 is 28.3. The van der Waals surface area contributed by atoms with Gasteiger partial charge in [0.05, 0.1) is 9.21 Å². The third kappa shape index (κ3) is 2.03. The molecule has 0 aliphatic heterocycles. The highest BCUT2D eigenvalue weighted by molar-refractivity contribution is 7.16.